The number of hydrogen-bond acceptors (Lipinski definition) is 6. The number of unbranched alkanes of at least 4 members (excludes halogenated alkanes) is 18. The Kier molecular flexibility index (Phi) is 18.6. The van der Waals surface area contributed by atoms with Gasteiger partial charge in [-0.2, -0.15) is 0 Å². The summed E-state index contributed by atoms with van der Waals surface area (Å²) in [6.45, 7) is 3.93. The van der Waals surface area contributed by atoms with Crippen LogP contribution in [-0.4, -0.2) is 61.8 Å². The molecule has 6 heteroatoms. The van der Waals surface area contributed by atoms with Crippen LogP contribution in [0.15, 0.2) is 0 Å². The topological polar surface area (TPSA) is 110 Å². The molecule has 0 aromatic rings. The summed E-state index contributed by atoms with van der Waals surface area (Å²) < 4.78 is 5.69. The fourth-order valence-electron chi connectivity index (χ4n) is 5.64. The number of aliphatic hydroxyl groups excluding tert-OH is 3. The summed E-state index contributed by atoms with van der Waals surface area (Å²) in [7, 11) is 0. The molecular formula is C30H60O6. The third-order valence-electron chi connectivity index (χ3n) is 8.18. The Hall–Kier alpha value is -0.240. The minimum Gasteiger partial charge on any atom is -0.394 e. The largest absolute Gasteiger partial charge is 0.394 e. The minimum atomic E-state index is -1.97. The number of aliphatic hydroxyl groups is 5. The molecule has 36 heavy (non-hydrogen) atoms. The molecule has 1 heterocycles. The summed E-state index contributed by atoms with van der Waals surface area (Å²) in [5, 5.41) is 53.6. The third kappa shape index (κ3) is 11.7. The molecule has 0 aromatic heterocycles. The molecule has 5 N–H and O–H groups in total. The zero-order valence-corrected chi connectivity index (χ0v) is 23.6. The van der Waals surface area contributed by atoms with E-state index in [0.29, 0.717) is 12.8 Å². The molecule has 0 aromatic carbocycles. The highest BCUT2D eigenvalue weighted by Crippen LogP contribution is 2.43. The van der Waals surface area contributed by atoms with Gasteiger partial charge in [0.25, 0.3) is 0 Å². The molecule has 5 atom stereocenters. The molecule has 1 saturated heterocycles. The molecule has 1 rings (SSSR count). The zero-order valence-electron chi connectivity index (χ0n) is 23.6. The average molecular weight is 517 g/mol. The lowest BCUT2D eigenvalue weighted by atomic mass is 9.74. The van der Waals surface area contributed by atoms with Crippen molar-refractivity contribution in [3.63, 3.8) is 0 Å². The first-order chi connectivity index (χ1) is 17.4. The van der Waals surface area contributed by atoms with Crippen molar-refractivity contribution in [3.05, 3.63) is 0 Å². The predicted octanol–water partition coefficient (Wildman–Crippen LogP) is 6.14. The fourth-order valence-corrected chi connectivity index (χ4v) is 5.64. The Balaban J connectivity index is 2.45. The van der Waals surface area contributed by atoms with Gasteiger partial charge in [0.05, 0.1) is 6.61 Å². The first-order valence-electron chi connectivity index (χ1n) is 15.5. The fraction of sp³-hybridized carbons (Fsp3) is 1.00. The number of ether oxygens (including phenoxy) is 1. The Morgan fingerprint density at radius 2 is 0.917 bits per heavy atom. The zero-order chi connectivity index (χ0) is 26.7. The maximum Gasteiger partial charge on any atom is 0.198 e. The third-order valence-corrected chi connectivity index (χ3v) is 8.18. The minimum absolute atomic E-state index is 0.161. The maximum atomic E-state index is 11.4. The quantitative estimate of drug-likeness (QED) is 0.104. The van der Waals surface area contributed by atoms with Crippen LogP contribution in [0, 0.1) is 0 Å². The van der Waals surface area contributed by atoms with E-state index in [-0.39, 0.29) is 12.8 Å². The highest BCUT2D eigenvalue weighted by atomic mass is 16.7. The van der Waals surface area contributed by atoms with Crippen LogP contribution < -0.4 is 0 Å². The standard InChI is InChI=1S/C30H60O6/c1-3-5-7-9-11-13-15-17-19-21-23-29(34)28(33)27(32)26(25-31)36-30(29,35)24-22-20-18-16-14-12-10-8-6-4-2/h26-28,31-35H,3-25H2,1-2H3/t26-,27-,28+,29-,30-/m1/s1. The van der Waals surface area contributed by atoms with E-state index in [2.05, 4.69) is 13.8 Å². The van der Waals surface area contributed by atoms with Crippen molar-refractivity contribution in [2.75, 3.05) is 6.61 Å². The monoisotopic (exact) mass is 516 g/mol. The van der Waals surface area contributed by atoms with Gasteiger partial charge in [0.1, 0.15) is 23.9 Å². The summed E-state index contributed by atoms with van der Waals surface area (Å²) in [4.78, 5) is 0. The lowest BCUT2D eigenvalue weighted by molar-refractivity contribution is -0.392. The van der Waals surface area contributed by atoms with Gasteiger partial charge < -0.3 is 30.3 Å². The highest BCUT2D eigenvalue weighted by Gasteiger charge is 2.62. The Morgan fingerprint density at radius 3 is 1.31 bits per heavy atom. The van der Waals surface area contributed by atoms with Crippen molar-refractivity contribution in [3.8, 4) is 0 Å². The smallest absolute Gasteiger partial charge is 0.198 e. The van der Waals surface area contributed by atoms with E-state index < -0.39 is 36.3 Å². The van der Waals surface area contributed by atoms with Crippen molar-refractivity contribution < 1.29 is 30.3 Å². The van der Waals surface area contributed by atoms with Crippen molar-refractivity contribution in [1.29, 1.82) is 0 Å². The van der Waals surface area contributed by atoms with Crippen LogP contribution in [0.2, 0.25) is 0 Å². The van der Waals surface area contributed by atoms with Gasteiger partial charge in [0.15, 0.2) is 5.79 Å². The van der Waals surface area contributed by atoms with Crippen LogP contribution >= 0.6 is 0 Å². The second-order valence-corrected chi connectivity index (χ2v) is 11.3. The molecule has 0 amide bonds. The van der Waals surface area contributed by atoms with Crippen LogP contribution in [0.1, 0.15) is 155 Å². The lowest BCUT2D eigenvalue weighted by Gasteiger charge is -2.53. The SMILES string of the molecule is CCCCCCCCCCCC[C@@]1(O)O[C@H](CO)[C@@H](O)[C@H](O)[C@]1(O)CCCCCCCCCCCC. The Bertz CT molecular complexity index is 518. The summed E-state index contributed by atoms with van der Waals surface area (Å²) in [5.74, 6) is -1.97. The predicted molar refractivity (Wildman–Crippen MR) is 147 cm³/mol. The van der Waals surface area contributed by atoms with Gasteiger partial charge in [0.2, 0.25) is 0 Å². The summed E-state index contributed by atoms with van der Waals surface area (Å²) in [6.07, 6.45) is 19.2. The molecule has 0 spiro atoms. The maximum absolute atomic E-state index is 11.4. The van der Waals surface area contributed by atoms with Gasteiger partial charge in [-0.3, -0.25) is 0 Å². The van der Waals surface area contributed by atoms with Gasteiger partial charge in [-0.05, 0) is 12.8 Å². The van der Waals surface area contributed by atoms with E-state index in [0.717, 1.165) is 38.5 Å². The van der Waals surface area contributed by atoms with Gasteiger partial charge >= 0.3 is 0 Å². The van der Waals surface area contributed by atoms with Crippen LogP contribution in [0.25, 0.3) is 0 Å². The molecule has 1 aliphatic rings. The van der Waals surface area contributed by atoms with Crippen LogP contribution in [0.5, 0.6) is 0 Å². The van der Waals surface area contributed by atoms with E-state index in [1.54, 1.807) is 0 Å². The van der Waals surface area contributed by atoms with Crippen molar-refractivity contribution >= 4 is 0 Å². The molecule has 216 valence electrons. The van der Waals surface area contributed by atoms with Crippen LogP contribution in [-0.2, 0) is 4.74 Å². The molecule has 1 fully saturated rings. The number of rotatable bonds is 23. The molecule has 0 aliphatic carbocycles. The van der Waals surface area contributed by atoms with Crippen LogP contribution in [0.3, 0.4) is 0 Å². The van der Waals surface area contributed by atoms with Gasteiger partial charge in [0, 0.05) is 6.42 Å². The molecule has 0 saturated carbocycles. The van der Waals surface area contributed by atoms with E-state index in [9.17, 15) is 25.5 Å². The van der Waals surface area contributed by atoms with Crippen molar-refractivity contribution in [2.24, 2.45) is 0 Å². The highest BCUT2D eigenvalue weighted by molar-refractivity contribution is 5.07. The van der Waals surface area contributed by atoms with Crippen molar-refractivity contribution in [2.45, 2.75) is 185 Å². The lowest BCUT2D eigenvalue weighted by Crippen LogP contribution is -2.73. The van der Waals surface area contributed by atoms with Gasteiger partial charge in [-0.1, -0.05) is 136 Å². The van der Waals surface area contributed by atoms with Gasteiger partial charge in [-0.25, -0.2) is 0 Å². The molecule has 0 radical (unpaired) electrons. The Morgan fingerprint density at radius 1 is 0.556 bits per heavy atom. The average Bonchev–Trinajstić information content (AvgIpc) is 2.87. The first kappa shape index (κ1) is 33.8. The molecule has 6 nitrogen and oxygen atoms in total. The second-order valence-electron chi connectivity index (χ2n) is 11.3. The molecule has 0 bridgehead atoms. The summed E-state index contributed by atoms with van der Waals surface area (Å²) in [5.41, 5.74) is -1.95. The molecule has 0 unspecified atom stereocenters. The van der Waals surface area contributed by atoms with Gasteiger partial charge in [-0.15, -0.1) is 0 Å². The normalized spacial score (nSPS) is 28.6. The molecule has 1 aliphatic heterocycles. The second kappa shape index (κ2) is 19.8. The summed E-state index contributed by atoms with van der Waals surface area (Å²) >= 11 is 0. The number of hydrogen-bond donors (Lipinski definition) is 5. The Labute approximate surface area is 221 Å². The molecular weight excluding hydrogens is 456 g/mol. The van der Waals surface area contributed by atoms with E-state index in [4.69, 9.17) is 4.74 Å². The van der Waals surface area contributed by atoms with E-state index in [1.807, 2.05) is 0 Å². The van der Waals surface area contributed by atoms with E-state index >= 15 is 0 Å². The summed E-state index contributed by atoms with van der Waals surface area (Å²) in [6, 6.07) is 0. The van der Waals surface area contributed by atoms with E-state index in [1.165, 1.54) is 77.0 Å². The first-order valence-corrected chi connectivity index (χ1v) is 15.5. The van der Waals surface area contributed by atoms with Crippen molar-refractivity contribution in [1.82, 2.24) is 0 Å². The van der Waals surface area contributed by atoms with Crippen LogP contribution in [0.4, 0.5) is 0 Å².